The zero-order valence-electron chi connectivity index (χ0n) is 26.0. The molecule has 0 aliphatic carbocycles. The van der Waals surface area contributed by atoms with E-state index in [2.05, 4.69) is 6.92 Å². The van der Waals surface area contributed by atoms with Crippen LogP contribution in [-0.2, 0) is 56.9 Å². The van der Waals surface area contributed by atoms with Gasteiger partial charge in [0.2, 0.25) is 0 Å². The molecule has 0 unspecified atom stereocenters. The molecule has 1 aromatic rings. The van der Waals surface area contributed by atoms with Crippen molar-refractivity contribution in [3.05, 3.63) is 30.3 Å². The second-order valence-corrected chi connectivity index (χ2v) is 10.8. The first-order valence-corrected chi connectivity index (χ1v) is 16.7. The molecule has 43 heavy (non-hydrogen) atoms. The number of rotatable bonds is 34. The van der Waals surface area contributed by atoms with E-state index in [0.29, 0.717) is 106 Å². The monoisotopic (exact) mass is 638 g/mol. The van der Waals surface area contributed by atoms with Crippen LogP contribution in [0.3, 0.4) is 0 Å². The summed E-state index contributed by atoms with van der Waals surface area (Å²) in [5.74, 6) is 0. The van der Waals surface area contributed by atoms with Gasteiger partial charge in [0, 0.05) is 6.61 Å². The van der Waals surface area contributed by atoms with E-state index in [0.717, 1.165) is 13.0 Å². The Morgan fingerprint density at radius 3 is 1.09 bits per heavy atom. The van der Waals surface area contributed by atoms with Crippen molar-refractivity contribution >= 4 is 10.1 Å². The minimum Gasteiger partial charge on any atom is -0.379 e. The fourth-order valence-electron chi connectivity index (χ4n) is 3.35. The molecule has 252 valence electrons. The maximum Gasteiger partial charge on any atom is 0.297 e. The molecule has 0 saturated carbocycles. The number of unbranched alkanes of at least 4 members (excludes halogenated alkanes) is 3. The molecule has 0 amide bonds. The lowest BCUT2D eigenvalue weighted by atomic mass is 10.2. The maximum atomic E-state index is 12.0. The van der Waals surface area contributed by atoms with Gasteiger partial charge in [-0.25, -0.2) is 0 Å². The number of benzene rings is 1. The summed E-state index contributed by atoms with van der Waals surface area (Å²) in [5.41, 5.74) is 0. The van der Waals surface area contributed by atoms with Crippen LogP contribution >= 0.6 is 0 Å². The molecule has 0 spiro atoms. The third-order valence-corrected chi connectivity index (χ3v) is 6.94. The molecular formula is C30H54O12S. The topological polar surface area (TPSA) is 126 Å². The van der Waals surface area contributed by atoms with Gasteiger partial charge < -0.3 is 42.6 Å². The highest BCUT2D eigenvalue weighted by Gasteiger charge is 2.13. The molecular weight excluding hydrogens is 584 g/mol. The normalized spacial score (nSPS) is 11.8. The van der Waals surface area contributed by atoms with Gasteiger partial charge in [0.15, 0.2) is 0 Å². The molecule has 0 radical (unpaired) electrons. The minimum absolute atomic E-state index is 0.0537. The van der Waals surface area contributed by atoms with Gasteiger partial charge >= 0.3 is 0 Å². The molecule has 0 aromatic heterocycles. The summed E-state index contributed by atoms with van der Waals surface area (Å²) in [6.07, 6.45) is 4.87. The third-order valence-electron chi connectivity index (χ3n) is 5.62. The molecule has 0 saturated heterocycles. The quantitative estimate of drug-likeness (QED) is 0.0813. The minimum atomic E-state index is -3.75. The lowest BCUT2D eigenvalue weighted by Crippen LogP contribution is -2.15. The first-order valence-electron chi connectivity index (χ1n) is 15.3. The van der Waals surface area contributed by atoms with Crippen LogP contribution < -0.4 is 0 Å². The number of hydrogen-bond acceptors (Lipinski definition) is 12. The Hall–Kier alpha value is -1.23. The number of hydrogen-bond donors (Lipinski definition) is 0. The summed E-state index contributed by atoms with van der Waals surface area (Å²) in [6, 6.07) is 7.99. The Morgan fingerprint density at radius 2 is 0.744 bits per heavy atom. The van der Waals surface area contributed by atoms with Crippen molar-refractivity contribution in [1.29, 1.82) is 0 Å². The standard InChI is InChI=1S/C30H54O12S/c1-2-3-4-8-11-33-12-13-34-14-15-35-16-17-36-18-19-37-20-21-38-22-23-39-24-25-40-26-27-41-28-29-42-43(31,32)30-9-6-5-7-10-30/h5-7,9-10H,2-4,8,11-29H2,1H3. The van der Waals surface area contributed by atoms with E-state index in [-0.39, 0.29) is 18.1 Å². The molecule has 0 fully saturated rings. The van der Waals surface area contributed by atoms with Crippen molar-refractivity contribution in [3.8, 4) is 0 Å². The summed E-state index contributed by atoms with van der Waals surface area (Å²) < 4.78 is 77.8. The van der Waals surface area contributed by atoms with E-state index in [4.69, 9.17) is 46.8 Å². The Kier molecular flexibility index (Phi) is 28.5. The lowest BCUT2D eigenvalue weighted by Gasteiger charge is -2.09. The van der Waals surface area contributed by atoms with Crippen LogP contribution in [0.1, 0.15) is 32.6 Å². The van der Waals surface area contributed by atoms with Crippen LogP contribution in [0.15, 0.2) is 35.2 Å². The van der Waals surface area contributed by atoms with E-state index in [1.165, 1.54) is 31.4 Å². The summed E-state index contributed by atoms with van der Waals surface area (Å²) in [5, 5.41) is 0. The summed E-state index contributed by atoms with van der Waals surface area (Å²) >= 11 is 0. The Morgan fingerprint density at radius 1 is 0.419 bits per heavy atom. The predicted octanol–water partition coefficient (Wildman–Crippen LogP) is 3.12. The molecule has 0 bridgehead atoms. The van der Waals surface area contributed by atoms with Crippen molar-refractivity contribution in [3.63, 3.8) is 0 Å². The summed E-state index contributed by atoms with van der Waals surface area (Å²) in [7, 11) is -3.75. The molecule has 0 N–H and O–H groups in total. The fraction of sp³-hybridized carbons (Fsp3) is 0.800. The highest BCUT2D eigenvalue weighted by atomic mass is 32.2. The molecule has 0 heterocycles. The van der Waals surface area contributed by atoms with E-state index < -0.39 is 10.1 Å². The fourth-order valence-corrected chi connectivity index (χ4v) is 4.26. The Balaban J connectivity index is 1.67. The van der Waals surface area contributed by atoms with E-state index in [9.17, 15) is 8.42 Å². The van der Waals surface area contributed by atoms with Gasteiger partial charge in [-0.05, 0) is 18.6 Å². The Labute approximate surface area is 258 Å². The SMILES string of the molecule is CCCCCCOCCOCCOCCOCCOCCOCCOCCOCCOCCOS(=O)(=O)c1ccccc1. The van der Waals surface area contributed by atoms with Crippen molar-refractivity contribution in [2.24, 2.45) is 0 Å². The van der Waals surface area contributed by atoms with Crippen LogP contribution in [0.5, 0.6) is 0 Å². The summed E-state index contributed by atoms with van der Waals surface area (Å²) in [4.78, 5) is 0.124. The van der Waals surface area contributed by atoms with Crippen molar-refractivity contribution in [2.45, 2.75) is 37.5 Å². The summed E-state index contributed by atoms with van der Waals surface area (Å²) in [6.45, 7) is 11.0. The molecule has 0 aliphatic heterocycles. The molecule has 1 aromatic carbocycles. The molecule has 12 nitrogen and oxygen atoms in total. The van der Waals surface area contributed by atoms with Crippen molar-refractivity contribution in [2.75, 3.05) is 126 Å². The smallest absolute Gasteiger partial charge is 0.297 e. The van der Waals surface area contributed by atoms with Crippen molar-refractivity contribution < 1.29 is 55.2 Å². The van der Waals surface area contributed by atoms with Gasteiger partial charge in [-0.15, -0.1) is 0 Å². The van der Waals surface area contributed by atoms with Gasteiger partial charge in [0.05, 0.1) is 124 Å². The second-order valence-electron chi connectivity index (χ2n) is 9.16. The van der Waals surface area contributed by atoms with Gasteiger partial charge in [-0.3, -0.25) is 4.18 Å². The van der Waals surface area contributed by atoms with Crippen LogP contribution in [0.25, 0.3) is 0 Å². The maximum absolute atomic E-state index is 12.0. The van der Waals surface area contributed by atoms with E-state index in [1.807, 2.05) is 0 Å². The largest absolute Gasteiger partial charge is 0.379 e. The van der Waals surface area contributed by atoms with Crippen LogP contribution in [0.2, 0.25) is 0 Å². The predicted molar refractivity (Wildman–Crippen MR) is 161 cm³/mol. The zero-order valence-corrected chi connectivity index (χ0v) is 26.8. The molecule has 13 heteroatoms. The second kappa shape index (κ2) is 30.8. The first-order chi connectivity index (χ1) is 21.2. The van der Waals surface area contributed by atoms with Crippen LogP contribution in [-0.4, -0.2) is 134 Å². The van der Waals surface area contributed by atoms with Gasteiger partial charge in [0.1, 0.15) is 0 Å². The highest BCUT2D eigenvalue weighted by molar-refractivity contribution is 7.86. The third kappa shape index (κ3) is 26.9. The highest BCUT2D eigenvalue weighted by Crippen LogP contribution is 2.10. The molecule has 0 aliphatic rings. The first kappa shape index (κ1) is 39.8. The Bertz CT molecular complexity index is 798. The van der Waals surface area contributed by atoms with E-state index in [1.54, 1.807) is 18.2 Å². The van der Waals surface area contributed by atoms with Gasteiger partial charge in [-0.2, -0.15) is 8.42 Å². The van der Waals surface area contributed by atoms with Gasteiger partial charge in [-0.1, -0.05) is 44.4 Å². The lowest BCUT2D eigenvalue weighted by molar-refractivity contribution is -0.0254. The molecule has 1 rings (SSSR count). The average Bonchev–Trinajstić information content (AvgIpc) is 3.02. The van der Waals surface area contributed by atoms with Crippen molar-refractivity contribution in [1.82, 2.24) is 0 Å². The van der Waals surface area contributed by atoms with Crippen LogP contribution in [0.4, 0.5) is 0 Å². The number of ether oxygens (including phenoxy) is 9. The average molecular weight is 639 g/mol. The van der Waals surface area contributed by atoms with E-state index >= 15 is 0 Å². The molecule has 0 atom stereocenters. The van der Waals surface area contributed by atoms with Crippen LogP contribution in [0, 0.1) is 0 Å². The van der Waals surface area contributed by atoms with Gasteiger partial charge in [0.25, 0.3) is 10.1 Å². The zero-order chi connectivity index (χ0) is 30.9.